The van der Waals surface area contributed by atoms with Crippen molar-refractivity contribution >= 4 is 5.91 Å². The zero-order chi connectivity index (χ0) is 16.4. The van der Waals surface area contributed by atoms with Crippen LogP contribution in [0, 0.1) is 17.8 Å². The number of carbonyl (C=O) groups excluding carboxylic acids is 1. The van der Waals surface area contributed by atoms with Crippen LogP contribution in [-0.4, -0.2) is 48.1 Å². The maximum absolute atomic E-state index is 12.6. The van der Waals surface area contributed by atoms with Crippen LogP contribution in [0.25, 0.3) is 0 Å². The number of hydrogen-bond acceptors (Lipinski definition) is 4. The summed E-state index contributed by atoms with van der Waals surface area (Å²) in [5, 5.41) is 3.38. The summed E-state index contributed by atoms with van der Waals surface area (Å²) in [6.07, 6.45) is 8.15. The van der Waals surface area contributed by atoms with Crippen LogP contribution in [0.3, 0.4) is 0 Å². The van der Waals surface area contributed by atoms with Crippen LogP contribution in [0.2, 0.25) is 0 Å². The van der Waals surface area contributed by atoms with E-state index in [2.05, 4.69) is 21.3 Å². The van der Waals surface area contributed by atoms with Gasteiger partial charge >= 0.3 is 0 Å². The lowest BCUT2D eigenvalue weighted by Crippen LogP contribution is -2.45. The third-order valence-corrected chi connectivity index (χ3v) is 5.72. The third-order valence-electron chi connectivity index (χ3n) is 5.72. The molecule has 1 saturated carbocycles. The average molecular weight is 329 g/mol. The van der Waals surface area contributed by atoms with E-state index in [0.29, 0.717) is 12.0 Å². The summed E-state index contributed by atoms with van der Waals surface area (Å²) in [4.78, 5) is 19.3. The number of ether oxygens (including phenoxy) is 1. The first kappa shape index (κ1) is 16.0. The second-order valence-electron chi connectivity index (χ2n) is 7.56. The largest absolute Gasteiger partial charge is 0.381 e. The minimum atomic E-state index is 0.144. The monoisotopic (exact) mass is 329 g/mol. The van der Waals surface area contributed by atoms with Crippen LogP contribution >= 0.6 is 0 Å². The zero-order valence-corrected chi connectivity index (χ0v) is 14.2. The summed E-state index contributed by atoms with van der Waals surface area (Å²) >= 11 is 0. The molecular formula is C19H27N3O2. The molecule has 5 heteroatoms. The Labute approximate surface area is 143 Å². The smallest absolute Gasteiger partial charge is 0.223 e. The van der Waals surface area contributed by atoms with E-state index < -0.39 is 0 Å². The van der Waals surface area contributed by atoms with Gasteiger partial charge in [0.15, 0.2) is 0 Å². The van der Waals surface area contributed by atoms with Crippen molar-refractivity contribution in [2.45, 2.75) is 38.3 Å². The fourth-order valence-electron chi connectivity index (χ4n) is 4.21. The predicted octanol–water partition coefficient (Wildman–Crippen LogP) is 1.83. The molecule has 1 aliphatic carbocycles. The Bertz CT molecular complexity index is 555. The standard InChI is InChI=1S/C19H27N3O2/c23-19(16-5-8-24-9-6-16)21-18-13-22(12-17(18)15-3-4-15)11-14-2-1-7-20-10-14/h1-2,7,10,15-18H,3-6,8-9,11-13H2,(H,21,23)/t17-,18+/m1/s1. The third kappa shape index (κ3) is 3.78. The minimum absolute atomic E-state index is 0.144. The number of aromatic nitrogens is 1. The Morgan fingerprint density at radius 1 is 1.25 bits per heavy atom. The molecule has 2 atom stereocenters. The lowest BCUT2D eigenvalue weighted by atomic mass is 9.95. The number of nitrogens with one attached hydrogen (secondary N) is 1. The number of amides is 1. The molecule has 1 aromatic heterocycles. The maximum atomic E-state index is 12.6. The highest BCUT2D eigenvalue weighted by Crippen LogP contribution is 2.41. The molecule has 4 rings (SSSR count). The molecule has 0 aromatic carbocycles. The lowest BCUT2D eigenvalue weighted by molar-refractivity contribution is -0.128. The highest BCUT2D eigenvalue weighted by Gasteiger charge is 2.43. The van der Waals surface area contributed by atoms with E-state index in [9.17, 15) is 4.79 Å². The van der Waals surface area contributed by atoms with Gasteiger partial charge in [0.2, 0.25) is 5.91 Å². The van der Waals surface area contributed by atoms with E-state index in [1.54, 1.807) is 0 Å². The van der Waals surface area contributed by atoms with Gasteiger partial charge in [0.05, 0.1) is 0 Å². The van der Waals surface area contributed by atoms with Gasteiger partial charge in [-0.3, -0.25) is 14.7 Å². The van der Waals surface area contributed by atoms with Crippen molar-refractivity contribution in [1.29, 1.82) is 0 Å². The molecule has 2 aliphatic heterocycles. The van der Waals surface area contributed by atoms with Gasteiger partial charge in [0.1, 0.15) is 0 Å². The number of nitrogens with zero attached hydrogens (tertiary/aromatic N) is 2. The number of rotatable bonds is 5. The first-order valence-electron chi connectivity index (χ1n) is 9.29. The molecule has 3 heterocycles. The Morgan fingerprint density at radius 3 is 2.79 bits per heavy atom. The summed E-state index contributed by atoms with van der Waals surface area (Å²) in [5.74, 6) is 1.82. The van der Waals surface area contributed by atoms with Gasteiger partial charge in [-0.25, -0.2) is 0 Å². The topological polar surface area (TPSA) is 54.5 Å². The normalized spacial score (nSPS) is 28.8. The second-order valence-corrected chi connectivity index (χ2v) is 7.56. The van der Waals surface area contributed by atoms with Crippen molar-refractivity contribution in [2.24, 2.45) is 17.8 Å². The molecule has 0 radical (unpaired) electrons. The summed E-state index contributed by atoms with van der Waals surface area (Å²) < 4.78 is 5.38. The van der Waals surface area contributed by atoms with Crippen molar-refractivity contribution < 1.29 is 9.53 Å². The Kier molecular flexibility index (Phi) is 4.81. The molecule has 0 unspecified atom stereocenters. The first-order valence-corrected chi connectivity index (χ1v) is 9.29. The molecule has 3 aliphatic rings. The lowest BCUT2D eigenvalue weighted by Gasteiger charge is -2.25. The van der Waals surface area contributed by atoms with Crippen LogP contribution < -0.4 is 5.32 Å². The Balaban J connectivity index is 1.37. The minimum Gasteiger partial charge on any atom is -0.381 e. The van der Waals surface area contributed by atoms with E-state index >= 15 is 0 Å². The van der Waals surface area contributed by atoms with Gasteiger partial charge in [-0.05, 0) is 49.1 Å². The van der Waals surface area contributed by atoms with Crippen molar-refractivity contribution in [3.8, 4) is 0 Å². The van der Waals surface area contributed by atoms with Crippen LogP contribution in [0.5, 0.6) is 0 Å². The highest BCUT2D eigenvalue weighted by molar-refractivity contribution is 5.79. The van der Waals surface area contributed by atoms with Gasteiger partial charge in [-0.2, -0.15) is 0 Å². The number of likely N-dealkylation sites (tertiary alicyclic amines) is 1. The number of carbonyl (C=O) groups is 1. The van der Waals surface area contributed by atoms with E-state index in [1.807, 2.05) is 18.5 Å². The summed E-state index contributed by atoms with van der Waals surface area (Å²) in [7, 11) is 0. The molecule has 5 nitrogen and oxygen atoms in total. The highest BCUT2D eigenvalue weighted by atomic mass is 16.5. The van der Waals surface area contributed by atoms with Crippen LogP contribution in [0.1, 0.15) is 31.2 Å². The summed E-state index contributed by atoms with van der Waals surface area (Å²) in [5.41, 5.74) is 1.25. The number of hydrogen-bond donors (Lipinski definition) is 1. The van der Waals surface area contributed by atoms with E-state index in [4.69, 9.17) is 4.74 Å². The molecule has 24 heavy (non-hydrogen) atoms. The summed E-state index contributed by atoms with van der Waals surface area (Å²) in [6.45, 7) is 4.44. The first-order chi connectivity index (χ1) is 11.8. The molecular weight excluding hydrogens is 302 g/mol. The van der Waals surface area contributed by atoms with Gasteiger partial charge in [-0.1, -0.05) is 6.07 Å². The Morgan fingerprint density at radius 2 is 2.08 bits per heavy atom. The fourth-order valence-corrected chi connectivity index (χ4v) is 4.21. The zero-order valence-electron chi connectivity index (χ0n) is 14.2. The molecule has 1 amide bonds. The van der Waals surface area contributed by atoms with Crippen LogP contribution in [0.15, 0.2) is 24.5 Å². The maximum Gasteiger partial charge on any atom is 0.223 e. The quantitative estimate of drug-likeness (QED) is 0.895. The Hall–Kier alpha value is -1.46. The van der Waals surface area contributed by atoms with Gasteiger partial charge in [-0.15, -0.1) is 0 Å². The number of pyridine rings is 1. The van der Waals surface area contributed by atoms with E-state index in [0.717, 1.165) is 51.6 Å². The van der Waals surface area contributed by atoms with E-state index in [-0.39, 0.29) is 11.8 Å². The predicted molar refractivity (Wildman–Crippen MR) is 91.2 cm³/mol. The van der Waals surface area contributed by atoms with Crippen LogP contribution in [0.4, 0.5) is 0 Å². The van der Waals surface area contributed by atoms with Crippen molar-refractivity contribution in [3.05, 3.63) is 30.1 Å². The molecule has 3 fully saturated rings. The second kappa shape index (κ2) is 7.19. The van der Waals surface area contributed by atoms with Gasteiger partial charge in [0, 0.05) is 57.2 Å². The van der Waals surface area contributed by atoms with Crippen molar-refractivity contribution in [1.82, 2.24) is 15.2 Å². The van der Waals surface area contributed by atoms with Crippen LogP contribution in [-0.2, 0) is 16.1 Å². The molecule has 0 bridgehead atoms. The van der Waals surface area contributed by atoms with Gasteiger partial charge in [0.25, 0.3) is 0 Å². The molecule has 130 valence electrons. The summed E-state index contributed by atoms with van der Waals surface area (Å²) in [6, 6.07) is 4.44. The molecule has 0 spiro atoms. The average Bonchev–Trinajstić information content (AvgIpc) is 3.39. The SMILES string of the molecule is O=C(N[C@H]1CN(Cc2cccnc2)C[C@@H]1C1CC1)C1CCOCC1. The van der Waals surface area contributed by atoms with Crippen molar-refractivity contribution in [3.63, 3.8) is 0 Å². The molecule has 1 N–H and O–H groups in total. The van der Waals surface area contributed by atoms with Gasteiger partial charge < -0.3 is 10.1 Å². The molecule has 1 aromatic rings. The fraction of sp³-hybridized carbons (Fsp3) is 0.684. The van der Waals surface area contributed by atoms with E-state index in [1.165, 1.54) is 18.4 Å². The molecule has 2 saturated heterocycles. The van der Waals surface area contributed by atoms with Crippen molar-refractivity contribution in [2.75, 3.05) is 26.3 Å².